The molecule has 0 bridgehead atoms. The summed E-state index contributed by atoms with van der Waals surface area (Å²) in [4.78, 5) is 0. The van der Waals surface area contributed by atoms with Gasteiger partial charge in [-0.2, -0.15) is 0 Å². The third kappa shape index (κ3) is 3.60. The van der Waals surface area contributed by atoms with Gasteiger partial charge in [-0.05, 0) is 37.7 Å². The van der Waals surface area contributed by atoms with E-state index in [1.165, 1.54) is 0 Å². The molecule has 2 atom stereocenters. The number of hydrogen-bond acceptors (Lipinski definition) is 5. The average Bonchev–Trinajstić information content (AvgIpc) is 2.42. The third-order valence-corrected chi connectivity index (χ3v) is 2.88. The van der Waals surface area contributed by atoms with Gasteiger partial charge in [0.25, 0.3) is 0 Å². The number of nitrogens with two attached hydrogens (primary N) is 1. The minimum absolute atomic E-state index is 0.310. The Morgan fingerprint density at radius 2 is 1.94 bits per heavy atom. The molecule has 1 rings (SSSR count). The normalized spacial score (nSPS) is 14.1. The van der Waals surface area contributed by atoms with Crippen molar-refractivity contribution in [3.63, 3.8) is 0 Å². The zero-order chi connectivity index (χ0) is 13.5. The maximum absolute atomic E-state index is 10.2. The molecular weight excluding hydrogens is 232 g/mol. The lowest BCUT2D eigenvalue weighted by Crippen LogP contribution is -2.31. The molecule has 0 heterocycles. The van der Waals surface area contributed by atoms with Gasteiger partial charge >= 0.3 is 0 Å². The minimum atomic E-state index is -0.710. The zero-order valence-electron chi connectivity index (χ0n) is 11.1. The van der Waals surface area contributed by atoms with Crippen molar-refractivity contribution in [1.29, 1.82) is 0 Å². The van der Waals surface area contributed by atoms with Crippen molar-refractivity contribution < 1.29 is 14.6 Å². The molecule has 2 unspecified atom stereocenters. The van der Waals surface area contributed by atoms with Crippen LogP contribution in [0.4, 0.5) is 0 Å². The van der Waals surface area contributed by atoms with E-state index in [1.807, 2.05) is 7.05 Å². The fourth-order valence-corrected chi connectivity index (χ4v) is 1.75. The van der Waals surface area contributed by atoms with E-state index in [4.69, 9.17) is 15.2 Å². The van der Waals surface area contributed by atoms with Crippen LogP contribution in [0, 0.1) is 0 Å². The van der Waals surface area contributed by atoms with Crippen LogP contribution in [-0.4, -0.2) is 39.0 Å². The Bertz CT molecular complexity index is 371. The summed E-state index contributed by atoms with van der Waals surface area (Å²) in [7, 11) is 5.00. The van der Waals surface area contributed by atoms with Gasteiger partial charge in [0.15, 0.2) is 11.5 Å². The number of ether oxygens (including phenoxy) is 2. The molecule has 5 heteroatoms. The number of methoxy groups -OCH3 is 2. The van der Waals surface area contributed by atoms with Crippen LogP contribution < -0.4 is 20.5 Å². The van der Waals surface area contributed by atoms with Crippen LogP contribution >= 0.6 is 0 Å². The first-order chi connectivity index (χ1) is 8.63. The number of nitrogens with one attached hydrogen (secondary N) is 1. The minimum Gasteiger partial charge on any atom is -0.493 e. The molecule has 0 spiro atoms. The maximum Gasteiger partial charge on any atom is 0.161 e. The first kappa shape index (κ1) is 14.8. The Morgan fingerprint density at radius 1 is 1.28 bits per heavy atom. The van der Waals surface area contributed by atoms with Crippen molar-refractivity contribution in [2.75, 3.05) is 27.8 Å². The van der Waals surface area contributed by atoms with Crippen molar-refractivity contribution in [3.8, 4) is 11.5 Å². The van der Waals surface area contributed by atoms with Crippen molar-refractivity contribution in [3.05, 3.63) is 23.8 Å². The first-order valence-corrected chi connectivity index (χ1v) is 5.94. The van der Waals surface area contributed by atoms with E-state index in [0.717, 1.165) is 12.1 Å². The fourth-order valence-electron chi connectivity index (χ4n) is 1.75. The quantitative estimate of drug-likeness (QED) is 0.667. The van der Waals surface area contributed by atoms with Crippen LogP contribution in [0.25, 0.3) is 0 Å². The molecule has 0 saturated heterocycles. The molecule has 0 aliphatic carbocycles. The van der Waals surface area contributed by atoms with Gasteiger partial charge in [-0.15, -0.1) is 0 Å². The van der Waals surface area contributed by atoms with Gasteiger partial charge < -0.3 is 25.6 Å². The summed E-state index contributed by atoms with van der Waals surface area (Å²) in [5, 5.41) is 13.2. The van der Waals surface area contributed by atoms with Gasteiger partial charge in [-0.1, -0.05) is 6.07 Å². The summed E-state index contributed by atoms with van der Waals surface area (Å²) in [6.07, 6.45) is -0.00963. The molecule has 0 aromatic heterocycles. The predicted molar refractivity (Wildman–Crippen MR) is 71.0 cm³/mol. The molecule has 5 nitrogen and oxygen atoms in total. The molecule has 0 radical (unpaired) electrons. The van der Waals surface area contributed by atoms with Gasteiger partial charge in [0.05, 0.1) is 20.3 Å². The number of benzene rings is 1. The molecule has 0 aliphatic rings. The van der Waals surface area contributed by atoms with E-state index in [2.05, 4.69) is 5.32 Å². The van der Waals surface area contributed by atoms with Crippen LogP contribution in [0.1, 0.15) is 18.1 Å². The molecule has 102 valence electrons. The van der Waals surface area contributed by atoms with Gasteiger partial charge in [0.2, 0.25) is 0 Å². The first-order valence-electron chi connectivity index (χ1n) is 5.94. The molecule has 0 fully saturated rings. The highest BCUT2D eigenvalue weighted by atomic mass is 16.5. The Hall–Kier alpha value is -1.30. The van der Waals surface area contributed by atoms with Crippen LogP contribution in [0.2, 0.25) is 0 Å². The van der Waals surface area contributed by atoms with Gasteiger partial charge in [-0.3, -0.25) is 0 Å². The second-order valence-corrected chi connectivity index (χ2v) is 4.12. The summed E-state index contributed by atoms with van der Waals surface area (Å²) >= 11 is 0. The summed E-state index contributed by atoms with van der Waals surface area (Å²) < 4.78 is 10.3. The van der Waals surface area contributed by atoms with E-state index in [9.17, 15) is 5.11 Å². The number of hydrogen-bond donors (Lipinski definition) is 3. The number of aliphatic hydroxyl groups is 1. The van der Waals surface area contributed by atoms with Gasteiger partial charge in [0, 0.05) is 6.04 Å². The van der Waals surface area contributed by atoms with E-state index in [1.54, 1.807) is 32.4 Å². The second kappa shape index (κ2) is 7.20. The summed E-state index contributed by atoms with van der Waals surface area (Å²) in [5.41, 5.74) is 6.67. The Morgan fingerprint density at radius 3 is 2.50 bits per heavy atom. The highest BCUT2D eigenvalue weighted by Crippen LogP contribution is 2.30. The zero-order valence-corrected chi connectivity index (χ0v) is 11.1. The van der Waals surface area contributed by atoms with Crippen LogP contribution in [0.5, 0.6) is 11.5 Å². The fraction of sp³-hybridized carbons (Fsp3) is 0.538. The topological polar surface area (TPSA) is 76.7 Å². The van der Waals surface area contributed by atoms with Gasteiger partial charge in [0.1, 0.15) is 0 Å². The molecule has 1 aromatic carbocycles. The van der Waals surface area contributed by atoms with Crippen molar-refractivity contribution >= 4 is 0 Å². The van der Waals surface area contributed by atoms with Crippen molar-refractivity contribution in [2.45, 2.75) is 18.6 Å². The van der Waals surface area contributed by atoms with Crippen LogP contribution in [0.15, 0.2) is 18.2 Å². The Labute approximate surface area is 108 Å². The molecule has 1 aromatic rings. The SMILES string of the molecule is CNCCC(N)C(O)c1ccc(OC)c(OC)c1. The second-order valence-electron chi connectivity index (χ2n) is 4.12. The Kier molecular flexibility index (Phi) is 5.91. The highest BCUT2D eigenvalue weighted by molar-refractivity contribution is 5.43. The van der Waals surface area contributed by atoms with Crippen LogP contribution in [-0.2, 0) is 0 Å². The highest BCUT2D eigenvalue weighted by Gasteiger charge is 2.18. The molecule has 0 saturated carbocycles. The van der Waals surface area contributed by atoms with Crippen molar-refractivity contribution in [1.82, 2.24) is 5.32 Å². The van der Waals surface area contributed by atoms with Crippen molar-refractivity contribution in [2.24, 2.45) is 5.73 Å². The standard InChI is InChI=1S/C13H22N2O3/c1-15-7-6-10(14)13(16)9-4-5-11(17-2)12(8-9)18-3/h4-5,8,10,13,15-16H,6-7,14H2,1-3H3. The smallest absolute Gasteiger partial charge is 0.161 e. The van der Waals surface area contributed by atoms with E-state index < -0.39 is 6.10 Å². The lowest BCUT2D eigenvalue weighted by atomic mass is 10.00. The molecule has 4 N–H and O–H groups in total. The van der Waals surface area contributed by atoms with Gasteiger partial charge in [-0.25, -0.2) is 0 Å². The monoisotopic (exact) mass is 254 g/mol. The molecular formula is C13H22N2O3. The number of rotatable bonds is 7. The summed E-state index contributed by atoms with van der Waals surface area (Å²) in [6.45, 7) is 0.769. The molecule has 18 heavy (non-hydrogen) atoms. The lowest BCUT2D eigenvalue weighted by molar-refractivity contribution is 0.142. The van der Waals surface area contributed by atoms with E-state index in [-0.39, 0.29) is 6.04 Å². The third-order valence-electron chi connectivity index (χ3n) is 2.88. The largest absolute Gasteiger partial charge is 0.493 e. The summed E-state index contributed by atoms with van der Waals surface area (Å²) in [5.74, 6) is 1.23. The average molecular weight is 254 g/mol. The summed E-state index contributed by atoms with van der Waals surface area (Å²) in [6, 6.07) is 5.01. The van der Waals surface area contributed by atoms with E-state index in [0.29, 0.717) is 17.9 Å². The molecule has 0 aliphatic heterocycles. The maximum atomic E-state index is 10.2. The van der Waals surface area contributed by atoms with E-state index >= 15 is 0 Å². The number of aliphatic hydroxyl groups excluding tert-OH is 1. The molecule has 0 amide bonds. The van der Waals surface area contributed by atoms with Crippen LogP contribution in [0.3, 0.4) is 0 Å². The Balaban J connectivity index is 2.82. The predicted octanol–water partition coefficient (Wildman–Crippen LogP) is 0.674. The lowest BCUT2D eigenvalue weighted by Gasteiger charge is -2.20.